The van der Waals surface area contributed by atoms with Crippen LogP contribution in [-0.2, 0) is 16.1 Å². The zero-order valence-corrected chi connectivity index (χ0v) is 14.8. The zero-order valence-electron chi connectivity index (χ0n) is 14.0. The number of benzene rings is 1. The van der Waals surface area contributed by atoms with Gasteiger partial charge in [0.2, 0.25) is 5.91 Å². The number of hydrogen-bond acceptors (Lipinski definition) is 4. The number of methoxy groups -OCH3 is 1. The van der Waals surface area contributed by atoms with Gasteiger partial charge in [0.1, 0.15) is 11.9 Å². The van der Waals surface area contributed by atoms with Crippen molar-refractivity contribution >= 4 is 18.3 Å². The van der Waals surface area contributed by atoms with Gasteiger partial charge in [-0.25, -0.2) is 0 Å². The Balaban J connectivity index is 0.00000264. The third-order valence-electron chi connectivity index (χ3n) is 3.97. The van der Waals surface area contributed by atoms with E-state index in [4.69, 9.17) is 9.47 Å². The molecule has 23 heavy (non-hydrogen) atoms. The van der Waals surface area contributed by atoms with Gasteiger partial charge in [-0.05, 0) is 50.9 Å². The SMILES string of the molecule is COc1cccc(COC(C)C(=O)NC2CCNC(C)C2)c1.Cl. The molecule has 2 rings (SSSR count). The Hall–Kier alpha value is -1.30. The lowest BCUT2D eigenvalue weighted by molar-refractivity contribution is -0.133. The maximum Gasteiger partial charge on any atom is 0.249 e. The number of amides is 1. The van der Waals surface area contributed by atoms with Gasteiger partial charge in [0.15, 0.2) is 0 Å². The summed E-state index contributed by atoms with van der Waals surface area (Å²) in [6.07, 6.45) is 1.48. The first kappa shape index (κ1) is 19.7. The summed E-state index contributed by atoms with van der Waals surface area (Å²) in [7, 11) is 1.63. The lowest BCUT2D eigenvalue weighted by Crippen LogP contribution is -2.49. The molecule has 0 radical (unpaired) electrons. The van der Waals surface area contributed by atoms with E-state index in [0.29, 0.717) is 12.6 Å². The molecule has 3 atom stereocenters. The number of rotatable bonds is 6. The molecule has 3 unspecified atom stereocenters. The Morgan fingerprint density at radius 3 is 2.96 bits per heavy atom. The Labute approximate surface area is 144 Å². The molecule has 1 saturated heterocycles. The summed E-state index contributed by atoms with van der Waals surface area (Å²) < 4.78 is 10.9. The molecule has 1 amide bonds. The maximum absolute atomic E-state index is 12.2. The molecule has 1 aliphatic rings. The minimum atomic E-state index is -0.462. The number of carbonyl (C=O) groups is 1. The van der Waals surface area contributed by atoms with Crippen molar-refractivity contribution < 1.29 is 14.3 Å². The maximum atomic E-state index is 12.2. The number of piperidine rings is 1. The number of carbonyl (C=O) groups excluding carboxylic acids is 1. The van der Waals surface area contributed by atoms with Crippen LogP contribution in [-0.4, -0.2) is 37.7 Å². The normalized spacial score (nSPS) is 21.9. The molecule has 1 heterocycles. The van der Waals surface area contributed by atoms with Gasteiger partial charge < -0.3 is 20.1 Å². The molecular weight excluding hydrogens is 316 g/mol. The number of hydrogen-bond donors (Lipinski definition) is 2. The highest BCUT2D eigenvalue weighted by molar-refractivity contribution is 5.85. The van der Waals surface area contributed by atoms with E-state index in [1.165, 1.54) is 0 Å². The van der Waals surface area contributed by atoms with E-state index in [0.717, 1.165) is 30.7 Å². The standard InChI is InChI=1S/C17H26N2O3.ClH/c1-12-9-15(7-8-18-12)19-17(20)13(2)22-11-14-5-4-6-16(10-14)21-3;/h4-6,10,12-13,15,18H,7-9,11H2,1-3H3,(H,19,20);1H. The van der Waals surface area contributed by atoms with Crippen molar-refractivity contribution in [2.45, 2.75) is 51.5 Å². The monoisotopic (exact) mass is 342 g/mol. The molecule has 0 saturated carbocycles. The van der Waals surface area contributed by atoms with E-state index in [2.05, 4.69) is 17.6 Å². The van der Waals surface area contributed by atoms with Crippen LogP contribution in [0.5, 0.6) is 5.75 Å². The molecule has 1 aromatic rings. The van der Waals surface area contributed by atoms with Gasteiger partial charge in [-0.15, -0.1) is 12.4 Å². The van der Waals surface area contributed by atoms with Crippen molar-refractivity contribution in [1.29, 1.82) is 0 Å². The van der Waals surface area contributed by atoms with Crippen LogP contribution in [0.3, 0.4) is 0 Å². The molecule has 2 N–H and O–H groups in total. The molecule has 1 fully saturated rings. The first-order valence-corrected chi connectivity index (χ1v) is 7.86. The van der Waals surface area contributed by atoms with E-state index in [9.17, 15) is 4.79 Å². The fourth-order valence-corrected chi connectivity index (χ4v) is 2.64. The van der Waals surface area contributed by atoms with Crippen molar-refractivity contribution in [3.63, 3.8) is 0 Å². The molecule has 0 spiro atoms. The van der Waals surface area contributed by atoms with E-state index in [-0.39, 0.29) is 24.4 Å². The van der Waals surface area contributed by atoms with Gasteiger partial charge >= 0.3 is 0 Å². The topological polar surface area (TPSA) is 59.6 Å². The molecule has 6 heteroatoms. The Kier molecular flexibility index (Phi) is 8.37. The molecule has 0 bridgehead atoms. The zero-order chi connectivity index (χ0) is 15.9. The first-order valence-electron chi connectivity index (χ1n) is 7.86. The van der Waals surface area contributed by atoms with Crippen molar-refractivity contribution in [3.8, 4) is 5.75 Å². The van der Waals surface area contributed by atoms with Crippen LogP contribution >= 0.6 is 12.4 Å². The third-order valence-corrected chi connectivity index (χ3v) is 3.97. The highest BCUT2D eigenvalue weighted by Crippen LogP contribution is 2.14. The molecule has 1 aromatic carbocycles. The van der Waals surface area contributed by atoms with Gasteiger partial charge in [0.05, 0.1) is 13.7 Å². The molecule has 130 valence electrons. The Morgan fingerprint density at radius 2 is 2.26 bits per heavy atom. The van der Waals surface area contributed by atoms with E-state index in [1.54, 1.807) is 14.0 Å². The second-order valence-electron chi connectivity index (χ2n) is 5.89. The summed E-state index contributed by atoms with van der Waals surface area (Å²) in [5, 5.41) is 6.46. The third kappa shape index (κ3) is 6.37. The van der Waals surface area contributed by atoms with Gasteiger partial charge in [0, 0.05) is 12.1 Å². The van der Waals surface area contributed by atoms with Crippen LogP contribution in [0.1, 0.15) is 32.3 Å². The predicted octanol–water partition coefficient (Wildman–Crippen LogP) is 2.28. The van der Waals surface area contributed by atoms with Gasteiger partial charge in [-0.3, -0.25) is 4.79 Å². The lowest BCUT2D eigenvalue weighted by atomic mass is 10.0. The minimum Gasteiger partial charge on any atom is -0.497 e. The summed E-state index contributed by atoms with van der Waals surface area (Å²) in [5.74, 6) is 0.754. The smallest absolute Gasteiger partial charge is 0.249 e. The summed E-state index contributed by atoms with van der Waals surface area (Å²) in [6, 6.07) is 8.37. The Morgan fingerprint density at radius 1 is 1.48 bits per heavy atom. The quantitative estimate of drug-likeness (QED) is 0.832. The van der Waals surface area contributed by atoms with Crippen LogP contribution in [0.2, 0.25) is 0 Å². The Bertz CT molecular complexity index is 498. The van der Waals surface area contributed by atoms with Gasteiger partial charge in [0.25, 0.3) is 0 Å². The minimum absolute atomic E-state index is 0. The molecule has 1 aliphatic heterocycles. The fraction of sp³-hybridized carbons (Fsp3) is 0.588. The molecule has 0 aliphatic carbocycles. The molecule has 0 aromatic heterocycles. The van der Waals surface area contributed by atoms with Crippen LogP contribution in [0.15, 0.2) is 24.3 Å². The number of ether oxygens (including phenoxy) is 2. The molecule has 5 nitrogen and oxygen atoms in total. The van der Waals surface area contributed by atoms with Crippen LogP contribution in [0.25, 0.3) is 0 Å². The average Bonchev–Trinajstić information content (AvgIpc) is 2.52. The van der Waals surface area contributed by atoms with Gasteiger partial charge in [-0.1, -0.05) is 12.1 Å². The van der Waals surface area contributed by atoms with Crippen molar-refractivity contribution in [2.24, 2.45) is 0 Å². The second-order valence-corrected chi connectivity index (χ2v) is 5.89. The highest BCUT2D eigenvalue weighted by atomic mass is 35.5. The van der Waals surface area contributed by atoms with Crippen molar-refractivity contribution in [2.75, 3.05) is 13.7 Å². The number of halogens is 1. The summed E-state index contributed by atoms with van der Waals surface area (Å²) in [6.45, 7) is 5.28. The second kappa shape index (κ2) is 9.75. The summed E-state index contributed by atoms with van der Waals surface area (Å²) >= 11 is 0. The summed E-state index contributed by atoms with van der Waals surface area (Å²) in [4.78, 5) is 12.2. The van der Waals surface area contributed by atoms with Crippen molar-refractivity contribution in [3.05, 3.63) is 29.8 Å². The molecular formula is C17H27ClN2O3. The first-order chi connectivity index (χ1) is 10.6. The van der Waals surface area contributed by atoms with E-state index >= 15 is 0 Å². The number of nitrogens with one attached hydrogen (secondary N) is 2. The lowest BCUT2D eigenvalue weighted by Gasteiger charge is -2.29. The van der Waals surface area contributed by atoms with Crippen LogP contribution in [0, 0.1) is 0 Å². The van der Waals surface area contributed by atoms with Crippen LogP contribution in [0.4, 0.5) is 0 Å². The van der Waals surface area contributed by atoms with E-state index < -0.39 is 6.10 Å². The highest BCUT2D eigenvalue weighted by Gasteiger charge is 2.22. The van der Waals surface area contributed by atoms with E-state index in [1.807, 2.05) is 24.3 Å². The predicted molar refractivity (Wildman–Crippen MR) is 93.1 cm³/mol. The summed E-state index contributed by atoms with van der Waals surface area (Å²) in [5.41, 5.74) is 0.995. The largest absolute Gasteiger partial charge is 0.497 e. The van der Waals surface area contributed by atoms with Crippen LogP contribution < -0.4 is 15.4 Å². The average molecular weight is 343 g/mol. The van der Waals surface area contributed by atoms with Crippen molar-refractivity contribution in [1.82, 2.24) is 10.6 Å². The van der Waals surface area contributed by atoms with Gasteiger partial charge in [-0.2, -0.15) is 0 Å². The fourth-order valence-electron chi connectivity index (χ4n) is 2.64.